The molecule has 6 atom stereocenters. The maximum Gasteiger partial charge on any atom is 0.306 e. The molecule has 1 rings (SSSR count). The van der Waals surface area contributed by atoms with Crippen LogP contribution in [0.2, 0.25) is 0 Å². The highest BCUT2D eigenvalue weighted by Crippen LogP contribution is 2.30. The Morgan fingerprint density at radius 2 is 0.896 bits per heavy atom. The van der Waals surface area contributed by atoms with Crippen LogP contribution in [0.25, 0.3) is 0 Å². The minimum absolute atomic E-state index is 0.132. The van der Waals surface area contributed by atoms with Crippen molar-refractivity contribution in [2.45, 2.75) is 207 Å². The second kappa shape index (κ2) is 40.3. The predicted octanol–water partition coefficient (Wildman–Crippen LogP) is 10.7. The summed E-state index contributed by atoms with van der Waals surface area (Å²) in [6.45, 7) is 7.62. The molecule has 0 aromatic heterocycles. The summed E-state index contributed by atoms with van der Waals surface area (Å²) >= 11 is 0. The molecular weight excluding hydrogens is 861 g/mol. The third-order valence-electron chi connectivity index (χ3n) is 10.2. The summed E-state index contributed by atoms with van der Waals surface area (Å²) in [5, 5.41) is 0. The molecule has 67 heavy (non-hydrogen) atoms. The average Bonchev–Trinajstić information content (AvgIpc) is 3.27. The second-order valence-corrected chi connectivity index (χ2v) is 16.4. The highest BCUT2D eigenvalue weighted by Gasteiger charge is 2.53. The molecule has 1 heterocycles. The van der Waals surface area contributed by atoms with E-state index >= 15 is 0 Å². The van der Waals surface area contributed by atoms with E-state index in [0.29, 0.717) is 12.8 Å². The van der Waals surface area contributed by atoms with Gasteiger partial charge in [0.05, 0.1) is 6.61 Å². The molecule has 1 aliphatic heterocycles. The first-order chi connectivity index (χ1) is 32.4. The minimum Gasteiger partial charge on any atom is -0.463 e. The Morgan fingerprint density at radius 3 is 1.39 bits per heavy atom. The zero-order valence-electron chi connectivity index (χ0n) is 41.4. The van der Waals surface area contributed by atoms with Gasteiger partial charge in [-0.3, -0.25) is 28.8 Å². The fourth-order valence-corrected chi connectivity index (χ4v) is 6.92. The van der Waals surface area contributed by atoms with Gasteiger partial charge in [-0.2, -0.15) is 0 Å². The predicted molar refractivity (Wildman–Crippen MR) is 257 cm³/mol. The lowest BCUT2D eigenvalue weighted by atomic mass is 9.98. The Bertz CT molecular complexity index is 1580. The van der Waals surface area contributed by atoms with Crippen molar-refractivity contribution in [2.75, 3.05) is 19.8 Å². The van der Waals surface area contributed by atoms with Gasteiger partial charge < -0.3 is 37.9 Å². The Kier molecular flexibility index (Phi) is 36.2. The zero-order valence-corrected chi connectivity index (χ0v) is 41.4. The van der Waals surface area contributed by atoms with Crippen LogP contribution in [0.5, 0.6) is 0 Å². The molecule has 14 nitrogen and oxygen atoms in total. The summed E-state index contributed by atoms with van der Waals surface area (Å²) in [6.07, 6.45) is 35.4. The van der Waals surface area contributed by atoms with Crippen LogP contribution in [-0.2, 0) is 66.7 Å². The first-order valence-corrected chi connectivity index (χ1v) is 24.5. The van der Waals surface area contributed by atoms with E-state index in [1.807, 2.05) is 0 Å². The van der Waals surface area contributed by atoms with Gasteiger partial charge >= 0.3 is 35.8 Å². The summed E-state index contributed by atoms with van der Waals surface area (Å²) in [4.78, 5) is 74.5. The van der Waals surface area contributed by atoms with Gasteiger partial charge in [-0.1, -0.05) is 125 Å². The number of esters is 6. The van der Waals surface area contributed by atoms with Crippen molar-refractivity contribution in [3.63, 3.8) is 0 Å². The average molecular weight is 943 g/mol. The van der Waals surface area contributed by atoms with E-state index < -0.39 is 85.8 Å². The number of hydrogen-bond acceptors (Lipinski definition) is 14. The largest absolute Gasteiger partial charge is 0.463 e. The van der Waals surface area contributed by atoms with Gasteiger partial charge in [0, 0.05) is 40.5 Å². The third kappa shape index (κ3) is 33.3. The lowest BCUT2D eigenvalue weighted by Crippen LogP contribution is -2.63. The maximum atomic E-state index is 13.1. The lowest BCUT2D eigenvalue weighted by Gasteiger charge is -2.44. The summed E-state index contributed by atoms with van der Waals surface area (Å²) in [7, 11) is 0. The van der Waals surface area contributed by atoms with Crippen LogP contribution in [0.1, 0.15) is 170 Å². The summed E-state index contributed by atoms with van der Waals surface area (Å²) in [5.41, 5.74) is 0. The van der Waals surface area contributed by atoms with E-state index in [9.17, 15) is 28.8 Å². The van der Waals surface area contributed by atoms with E-state index in [4.69, 9.17) is 37.9 Å². The molecule has 1 aliphatic rings. The van der Waals surface area contributed by atoms with Crippen LogP contribution in [0, 0.1) is 0 Å². The van der Waals surface area contributed by atoms with Crippen LogP contribution in [0.15, 0.2) is 72.9 Å². The van der Waals surface area contributed by atoms with Crippen molar-refractivity contribution in [1.82, 2.24) is 0 Å². The Hall–Kier alpha value is -4.82. The monoisotopic (exact) mass is 943 g/mol. The number of carbonyl (C=O) groups excluding carboxylic acids is 6. The van der Waals surface area contributed by atoms with Crippen molar-refractivity contribution in [1.29, 1.82) is 0 Å². The normalized spacial score (nSPS) is 19.2. The molecule has 0 radical (unpaired) electrons. The van der Waals surface area contributed by atoms with Crippen LogP contribution in [0.3, 0.4) is 0 Å². The summed E-state index contributed by atoms with van der Waals surface area (Å²) in [5.74, 6) is -3.99. The third-order valence-corrected chi connectivity index (χ3v) is 10.2. The van der Waals surface area contributed by atoms with Gasteiger partial charge in [0.1, 0.15) is 19.3 Å². The van der Waals surface area contributed by atoms with Crippen LogP contribution < -0.4 is 0 Å². The lowest BCUT2D eigenvalue weighted by molar-refractivity contribution is -0.311. The van der Waals surface area contributed by atoms with E-state index in [1.54, 1.807) is 0 Å². The van der Waals surface area contributed by atoms with Gasteiger partial charge in [-0.15, -0.1) is 0 Å². The van der Waals surface area contributed by atoms with Crippen molar-refractivity contribution >= 4 is 35.8 Å². The summed E-state index contributed by atoms with van der Waals surface area (Å²) < 4.78 is 45.0. The molecule has 0 aliphatic carbocycles. The Balaban J connectivity index is 2.87. The second-order valence-electron chi connectivity index (χ2n) is 16.4. The van der Waals surface area contributed by atoms with Crippen molar-refractivity contribution in [3.8, 4) is 0 Å². The number of hydrogen-bond donors (Lipinski definition) is 0. The highest BCUT2D eigenvalue weighted by molar-refractivity contribution is 5.70. The fourth-order valence-electron chi connectivity index (χ4n) is 6.92. The molecule has 0 aromatic rings. The van der Waals surface area contributed by atoms with Crippen molar-refractivity contribution in [2.24, 2.45) is 0 Å². The molecule has 378 valence electrons. The fraction of sp³-hybridized carbons (Fsp3) is 0.660. The molecule has 0 bridgehead atoms. The van der Waals surface area contributed by atoms with Gasteiger partial charge in [-0.05, 0) is 77.0 Å². The van der Waals surface area contributed by atoms with E-state index in [0.717, 1.165) is 124 Å². The summed E-state index contributed by atoms with van der Waals surface area (Å²) in [6, 6.07) is 0. The number of carbonyl (C=O) groups is 6. The molecule has 0 saturated carbocycles. The van der Waals surface area contributed by atoms with E-state index in [2.05, 4.69) is 86.8 Å². The molecule has 0 aromatic carbocycles. The first kappa shape index (κ1) is 60.2. The van der Waals surface area contributed by atoms with E-state index in [-0.39, 0.29) is 19.4 Å². The van der Waals surface area contributed by atoms with Crippen LogP contribution in [0.4, 0.5) is 0 Å². The van der Waals surface area contributed by atoms with Gasteiger partial charge in [0.25, 0.3) is 0 Å². The van der Waals surface area contributed by atoms with Crippen LogP contribution in [-0.4, -0.2) is 92.4 Å². The molecule has 1 saturated heterocycles. The molecule has 0 spiro atoms. The molecular formula is C53H82O14. The number of unbranched alkanes of at least 4 members (excludes halogenated alkanes) is 10. The maximum absolute atomic E-state index is 13.1. The molecule has 14 heteroatoms. The Labute approximate surface area is 400 Å². The number of rotatable bonds is 37. The molecule has 1 fully saturated rings. The first-order valence-electron chi connectivity index (χ1n) is 24.5. The quantitative estimate of drug-likeness (QED) is 0.0249. The molecule has 1 unspecified atom stereocenters. The molecule has 0 amide bonds. The van der Waals surface area contributed by atoms with Crippen molar-refractivity contribution in [3.05, 3.63) is 72.9 Å². The SMILES string of the molecule is CC/C=C\C/C=C\C/C=C\CCCCCCCC(=O)OCC(CO[C@@H]1O[C@H](COC(C)=O)[C@H](OC(C)=O)[C@H](OC(C)=O)[C@H]1OC(C)=O)OC(=O)CCCCCCC/C=C\C/C=C\C/C=C\CC. The Morgan fingerprint density at radius 1 is 0.463 bits per heavy atom. The highest BCUT2D eigenvalue weighted by atomic mass is 16.7. The number of allylic oxidation sites excluding steroid dienone is 12. The smallest absolute Gasteiger partial charge is 0.306 e. The topological polar surface area (TPSA) is 176 Å². The minimum atomic E-state index is -1.50. The zero-order chi connectivity index (χ0) is 49.3. The standard InChI is InChI=1S/C53H82O14/c1-7-9-11-13-15-17-19-21-23-25-27-29-31-33-35-37-48(58)61-39-46(66-49(59)38-36-34-32-30-28-26-24-22-20-18-16-14-12-10-8-2)40-62-53-52(65-45(6)57)51(64-44(5)56)50(63-43(4)55)47(67-53)41-60-42(3)54/h9-12,15-18,21-24,46-47,50-53H,7-8,13-14,19-20,25-41H2,1-6H3/b11-9-,12-10-,17-15-,18-16-,23-21-,24-22-/t46?,47-,50+,51+,52-,53-/m1/s1. The van der Waals surface area contributed by atoms with Crippen molar-refractivity contribution < 1.29 is 66.7 Å². The number of ether oxygens (including phenoxy) is 8. The van der Waals surface area contributed by atoms with Gasteiger partial charge in [0.2, 0.25) is 0 Å². The van der Waals surface area contributed by atoms with Gasteiger partial charge in [-0.25, -0.2) is 0 Å². The van der Waals surface area contributed by atoms with E-state index in [1.165, 1.54) is 6.92 Å². The van der Waals surface area contributed by atoms with Crippen LogP contribution >= 0.6 is 0 Å². The van der Waals surface area contributed by atoms with Gasteiger partial charge in [0.15, 0.2) is 30.7 Å². The molecule has 0 N–H and O–H groups in total.